The molecule has 0 saturated carbocycles. The molecular formula is C8H22O4. The number of carbonyl (C=O) groups excluding carboxylic acids is 1. The second-order valence-electron chi connectivity index (χ2n) is 1.21. The fraction of sp³-hybridized carbons (Fsp3) is 0.750. The van der Waals surface area contributed by atoms with Gasteiger partial charge in [-0.15, -0.1) is 0 Å². The van der Waals surface area contributed by atoms with Crippen molar-refractivity contribution in [2.75, 3.05) is 7.11 Å². The van der Waals surface area contributed by atoms with E-state index in [-0.39, 0.29) is 28.2 Å². The van der Waals surface area contributed by atoms with Gasteiger partial charge in [-0.2, -0.15) is 0 Å². The molecule has 12 heavy (non-hydrogen) atoms. The summed E-state index contributed by atoms with van der Waals surface area (Å²) < 4.78 is 4.11. The highest BCUT2D eigenvalue weighted by Gasteiger charge is 1.75. The summed E-state index contributed by atoms with van der Waals surface area (Å²) in [5.41, 5.74) is 0. The Balaban J connectivity index is -0.0000000221. The fourth-order valence-corrected chi connectivity index (χ4v) is 0. The van der Waals surface area contributed by atoms with E-state index < -0.39 is 5.97 Å². The van der Waals surface area contributed by atoms with E-state index in [1.165, 1.54) is 14.0 Å². The second-order valence-corrected chi connectivity index (χ2v) is 1.21. The Bertz CT molecular complexity index is 95.2. The Hall–Kier alpha value is -1.06. The molecule has 0 aliphatic carbocycles. The standard InChI is InChI=1S/C3H6O2.C2H4O2.3CH4/c1-3(4)5-2;1-2(3)4;;;/h1-2H3;1H3,(H,3,4);3*1H4. The van der Waals surface area contributed by atoms with Gasteiger partial charge in [-0.1, -0.05) is 22.3 Å². The summed E-state index contributed by atoms with van der Waals surface area (Å²) in [5, 5.41) is 7.42. The van der Waals surface area contributed by atoms with Gasteiger partial charge in [0, 0.05) is 13.8 Å². The van der Waals surface area contributed by atoms with Crippen molar-refractivity contribution in [1.29, 1.82) is 0 Å². The predicted molar refractivity (Wildman–Crippen MR) is 51.2 cm³/mol. The number of carboxylic acid groups (broad SMARTS) is 1. The first-order chi connectivity index (χ1) is 4.00. The van der Waals surface area contributed by atoms with E-state index in [9.17, 15) is 4.79 Å². The molecule has 0 spiro atoms. The smallest absolute Gasteiger partial charge is 0.302 e. The second kappa shape index (κ2) is 22.5. The molecule has 0 radical (unpaired) electrons. The average Bonchev–Trinajstić information content (AvgIpc) is 1.65. The zero-order valence-electron chi connectivity index (χ0n) is 5.67. The lowest BCUT2D eigenvalue weighted by Crippen LogP contribution is -1.88. The first-order valence-corrected chi connectivity index (χ1v) is 2.24. The van der Waals surface area contributed by atoms with Crippen molar-refractivity contribution in [3.05, 3.63) is 0 Å². The van der Waals surface area contributed by atoms with Gasteiger partial charge in [-0.25, -0.2) is 0 Å². The Morgan fingerprint density at radius 1 is 1.08 bits per heavy atom. The number of ether oxygens (including phenoxy) is 1. The molecule has 0 heterocycles. The molecule has 1 N–H and O–H groups in total. The number of rotatable bonds is 0. The molecule has 4 heteroatoms. The number of carbonyl (C=O) groups is 2. The van der Waals surface area contributed by atoms with Gasteiger partial charge in [-0.3, -0.25) is 9.59 Å². The molecule has 0 atom stereocenters. The van der Waals surface area contributed by atoms with Crippen LogP contribution in [0.1, 0.15) is 36.1 Å². The van der Waals surface area contributed by atoms with Crippen LogP contribution in [0.15, 0.2) is 0 Å². The number of aliphatic carboxylic acids is 1. The first kappa shape index (κ1) is 30.6. The lowest BCUT2D eigenvalue weighted by molar-refractivity contribution is -0.138. The highest BCUT2D eigenvalue weighted by Crippen LogP contribution is 1.60. The molecule has 0 amide bonds. The van der Waals surface area contributed by atoms with Gasteiger partial charge in [0.05, 0.1) is 7.11 Å². The van der Waals surface area contributed by atoms with Crippen molar-refractivity contribution in [2.45, 2.75) is 36.1 Å². The molecule has 0 bridgehead atoms. The van der Waals surface area contributed by atoms with Gasteiger partial charge >= 0.3 is 5.97 Å². The van der Waals surface area contributed by atoms with E-state index in [1.807, 2.05) is 0 Å². The van der Waals surface area contributed by atoms with Crippen LogP contribution in [0.25, 0.3) is 0 Å². The van der Waals surface area contributed by atoms with Gasteiger partial charge < -0.3 is 9.84 Å². The Morgan fingerprint density at radius 2 is 1.17 bits per heavy atom. The zero-order valence-corrected chi connectivity index (χ0v) is 5.67. The number of hydrogen-bond donors (Lipinski definition) is 1. The number of methoxy groups -OCH3 is 1. The van der Waals surface area contributed by atoms with Crippen LogP contribution in [0.4, 0.5) is 0 Å². The monoisotopic (exact) mass is 182 g/mol. The van der Waals surface area contributed by atoms with E-state index in [0.29, 0.717) is 0 Å². The van der Waals surface area contributed by atoms with E-state index in [0.717, 1.165) is 6.92 Å². The van der Waals surface area contributed by atoms with Crippen molar-refractivity contribution in [3.8, 4) is 0 Å². The summed E-state index contributed by atoms with van der Waals surface area (Å²) in [7, 11) is 1.35. The zero-order chi connectivity index (χ0) is 7.86. The van der Waals surface area contributed by atoms with E-state index in [1.54, 1.807) is 0 Å². The number of hydrogen-bond acceptors (Lipinski definition) is 3. The Morgan fingerprint density at radius 3 is 1.17 bits per heavy atom. The van der Waals surface area contributed by atoms with Crippen LogP contribution in [-0.2, 0) is 14.3 Å². The third-order valence-corrected chi connectivity index (χ3v) is 0.287. The van der Waals surface area contributed by atoms with E-state index >= 15 is 0 Å². The van der Waals surface area contributed by atoms with E-state index in [2.05, 4.69) is 4.74 Å². The van der Waals surface area contributed by atoms with Crippen molar-refractivity contribution in [1.82, 2.24) is 0 Å². The minimum Gasteiger partial charge on any atom is -0.481 e. The summed E-state index contributed by atoms with van der Waals surface area (Å²) in [6.45, 7) is 2.44. The van der Waals surface area contributed by atoms with Gasteiger partial charge in [0.25, 0.3) is 5.97 Å². The van der Waals surface area contributed by atoms with Crippen LogP contribution in [0.2, 0.25) is 0 Å². The average molecular weight is 182 g/mol. The van der Waals surface area contributed by atoms with Gasteiger partial charge in [-0.05, 0) is 0 Å². The molecule has 0 unspecified atom stereocenters. The summed E-state index contributed by atoms with van der Waals surface area (Å²) in [4.78, 5) is 18.6. The minimum atomic E-state index is -0.833. The van der Waals surface area contributed by atoms with Crippen LogP contribution < -0.4 is 0 Å². The molecule has 0 aromatic rings. The topological polar surface area (TPSA) is 63.6 Å². The summed E-state index contributed by atoms with van der Waals surface area (Å²) in [6.07, 6.45) is 0. The lowest BCUT2D eigenvalue weighted by Gasteiger charge is -1.80. The van der Waals surface area contributed by atoms with Gasteiger partial charge in [0.1, 0.15) is 0 Å². The molecule has 0 fully saturated rings. The maximum Gasteiger partial charge on any atom is 0.302 e. The van der Waals surface area contributed by atoms with Crippen molar-refractivity contribution >= 4 is 11.9 Å². The van der Waals surface area contributed by atoms with Crippen molar-refractivity contribution in [3.63, 3.8) is 0 Å². The molecule has 78 valence electrons. The molecule has 0 saturated heterocycles. The molecule has 0 aliphatic rings. The van der Waals surface area contributed by atoms with Crippen LogP contribution >= 0.6 is 0 Å². The normalized spacial score (nSPS) is 4.92. The van der Waals surface area contributed by atoms with Crippen LogP contribution in [0.3, 0.4) is 0 Å². The lowest BCUT2D eigenvalue weighted by atomic mass is 10.8. The predicted octanol–water partition coefficient (Wildman–Crippen LogP) is 2.18. The molecule has 0 aromatic heterocycles. The highest BCUT2D eigenvalue weighted by atomic mass is 16.5. The maximum absolute atomic E-state index is 9.59. The molecule has 4 nitrogen and oxygen atoms in total. The molecule has 0 aromatic carbocycles. The number of esters is 1. The van der Waals surface area contributed by atoms with E-state index in [4.69, 9.17) is 9.90 Å². The Kier molecular flexibility index (Phi) is 57.5. The van der Waals surface area contributed by atoms with Gasteiger partial charge in [0.15, 0.2) is 0 Å². The van der Waals surface area contributed by atoms with Gasteiger partial charge in [0.2, 0.25) is 0 Å². The minimum absolute atomic E-state index is 0. The van der Waals surface area contributed by atoms with Crippen molar-refractivity contribution < 1.29 is 19.4 Å². The molecule has 0 aliphatic heterocycles. The third-order valence-electron chi connectivity index (χ3n) is 0.287. The van der Waals surface area contributed by atoms with Crippen LogP contribution in [0.5, 0.6) is 0 Å². The SMILES string of the molecule is C.C.C.CC(=O)O.COC(C)=O. The third kappa shape index (κ3) is 638. The van der Waals surface area contributed by atoms with Crippen LogP contribution in [-0.4, -0.2) is 24.2 Å². The molecule has 0 rings (SSSR count). The largest absolute Gasteiger partial charge is 0.481 e. The summed E-state index contributed by atoms with van der Waals surface area (Å²) in [6, 6.07) is 0. The fourth-order valence-electron chi connectivity index (χ4n) is 0. The van der Waals surface area contributed by atoms with Crippen molar-refractivity contribution in [2.24, 2.45) is 0 Å². The van der Waals surface area contributed by atoms with Crippen LogP contribution in [0, 0.1) is 0 Å². The quantitative estimate of drug-likeness (QED) is 0.583. The summed E-state index contributed by atoms with van der Waals surface area (Å²) in [5.74, 6) is -1.08. The summed E-state index contributed by atoms with van der Waals surface area (Å²) >= 11 is 0. The highest BCUT2D eigenvalue weighted by molar-refractivity contribution is 5.65. The molecular weight excluding hydrogens is 160 g/mol. The number of carboxylic acids is 1. The Labute approximate surface area is 75.5 Å². The first-order valence-electron chi connectivity index (χ1n) is 2.24. The maximum atomic E-state index is 9.59.